The molecule has 96 valence electrons. The van der Waals surface area contributed by atoms with Gasteiger partial charge in [0.1, 0.15) is 5.65 Å². The molecule has 0 radical (unpaired) electrons. The molecule has 0 aliphatic heterocycles. The monoisotopic (exact) mass is 260 g/mol. The minimum atomic E-state index is -2.18. The quantitative estimate of drug-likeness (QED) is 0.552. The van der Waals surface area contributed by atoms with Gasteiger partial charge in [-0.15, -0.1) is 5.26 Å². The van der Waals surface area contributed by atoms with Crippen LogP contribution in [0.25, 0.3) is 11.0 Å². The third kappa shape index (κ3) is 2.27. The van der Waals surface area contributed by atoms with Crippen LogP contribution in [0.4, 0.5) is 0 Å². The van der Waals surface area contributed by atoms with E-state index in [1.165, 1.54) is 24.6 Å². The van der Waals surface area contributed by atoms with Crippen LogP contribution >= 0.6 is 0 Å². The molecule has 2 aromatic rings. The molecule has 19 heavy (non-hydrogen) atoms. The molecule has 8 nitrogen and oxygen atoms in total. The van der Waals surface area contributed by atoms with Crippen molar-refractivity contribution in [2.45, 2.75) is 12.5 Å². The highest BCUT2D eigenvalue weighted by Gasteiger charge is 2.38. The number of ether oxygens (including phenoxy) is 1. The number of nitrogens with zero attached hydrogens (tertiary/aromatic N) is 3. The van der Waals surface area contributed by atoms with E-state index in [1.54, 1.807) is 0 Å². The number of nitrogens with one attached hydrogen (secondary N) is 1. The topological polar surface area (TPSA) is 129 Å². The molecule has 1 unspecified atom stereocenters. The Bertz CT molecular complexity index is 744. The van der Waals surface area contributed by atoms with Gasteiger partial charge in [0.05, 0.1) is 0 Å². The second kappa shape index (κ2) is 4.47. The van der Waals surface area contributed by atoms with Crippen LogP contribution in [-0.2, 0) is 15.1 Å². The standard InChI is InChI=1S/C11H8N4O4/c1-11(18,10(17)19-5-12)9-13-4-6-2-3-7(16)14-8(6)15-9/h2-4,18H,1H3,(H,13,14,15,16). The Labute approximate surface area is 106 Å². The molecule has 0 amide bonds. The lowest BCUT2D eigenvalue weighted by Crippen LogP contribution is -2.35. The summed E-state index contributed by atoms with van der Waals surface area (Å²) in [5, 5.41) is 18.8. The molecule has 1 atom stereocenters. The van der Waals surface area contributed by atoms with E-state index >= 15 is 0 Å². The Morgan fingerprint density at radius 2 is 2.32 bits per heavy atom. The summed E-state index contributed by atoms with van der Waals surface area (Å²) in [4.78, 5) is 32.7. The summed E-state index contributed by atoms with van der Waals surface area (Å²) in [5.41, 5.74) is -2.39. The second-order valence-electron chi connectivity index (χ2n) is 3.87. The molecule has 2 rings (SSSR count). The molecular weight excluding hydrogens is 252 g/mol. The Morgan fingerprint density at radius 1 is 1.58 bits per heavy atom. The van der Waals surface area contributed by atoms with Crippen molar-refractivity contribution in [2.24, 2.45) is 0 Å². The molecule has 0 spiro atoms. The van der Waals surface area contributed by atoms with Crippen LogP contribution in [0.5, 0.6) is 0 Å². The third-order valence-corrected chi connectivity index (χ3v) is 2.44. The zero-order valence-electron chi connectivity index (χ0n) is 9.75. The lowest BCUT2D eigenvalue weighted by atomic mass is 10.1. The molecular formula is C11H8N4O4. The van der Waals surface area contributed by atoms with Crippen LogP contribution < -0.4 is 5.56 Å². The number of aliphatic hydroxyl groups is 1. The summed E-state index contributed by atoms with van der Waals surface area (Å²) in [7, 11) is 0. The van der Waals surface area contributed by atoms with Gasteiger partial charge in [0.25, 0.3) is 6.26 Å². The number of rotatable bonds is 2. The van der Waals surface area contributed by atoms with Gasteiger partial charge in [0, 0.05) is 17.6 Å². The number of nitriles is 1. The van der Waals surface area contributed by atoms with E-state index < -0.39 is 11.6 Å². The van der Waals surface area contributed by atoms with Crippen molar-refractivity contribution in [3.63, 3.8) is 0 Å². The van der Waals surface area contributed by atoms with Gasteiger partial charge in [0.15, 0.2) is 5.82 Å². The van der Waals surface area contributed by atoms with Crippen molar-refractivity contribution in [3.05, 3.63) is 34.5 Å². The fourth-order valence-corrected chi connectivity index (χ4v) is 1.40. The van der Waals surface area contributed by atoms with Gasteiger partial charge in [0.2, 0.25) is 11.2 Å². The van der Waals surface area contributed by atoms with Gasteiger partial charge < -0.3 is 14.8 Å². The van der Waals surface area contributed by atoms with E-state index in [9.17, 15) is 14.7 Å². The first-order valence-corrected chi connectivity index (χ1v) is 5.14. The van der Waals surface area contributed by atoms with Crippen molar-refractivity contribution < 1.29 is 14.6 Å². The predicted octanol–water partition coefficient (Wildman–Crippen LogP) is -0.450. The first-order valence-electron chi connectivity index (χ1n) is 5.14. The maximum absolute atomic E-state index is 11.4. The summed E-state index contributed by atoms with van der Waals surface area (Å²) in [6.45, 7) is 1.09. The maximum atomic E-state index is 11.4. The molecule has 0 saturated carbocycles. The number of hydrogen-bond donors (Lipinski definition) is 2. The zero-order valence-corrected chi connectivity index (χ0v) is 9.75. The highest BCUT2D eigenvalue weighted by molar-refractivity contribution is 5.81. The minimum Gasteiger partial charge on any atom is -0.372 e. The lowest BCUT2D eigenvalue weighted by Gasteiger charge is -2.17. The highest BCUT2D eigenvalue weighted by Crippen LogP contribution is 2.19. The lowest BCUT2D eigenvalue weighted by molar-refractivity contribution is -0.158. The van der Waals surface area contributed by atoms with Crippen LogP contribution in [-0.4, -0.2) is 26.0 Å². The van der Waals surface area contributed by atoms with Gasteiger partial charge in [-0.2, -0.15) is 0 Å². The van der Waals surface area contributed by atoms with E-state index in [0.717, 1.165) is 6.92 Å². The third-order valence-electron chi connectivity index (χ3n) is 2.44. The SMILES string of the molecule is CC(O)(C(=O)OC#N)c1ncc2ccc(=O)[nH]c2n1. The Kier molecular flexibility index (Phi) is 2.98. The van der Waals surface area contributed by atoms with E-state index in [2.05, 4.69) is 19.7 Å². The van der Waals surface area contributed by atoms with E-state index in [-0.39, 0.29) is 17.0 Å². The van der Waals surface area contributed by atoms with Crippen LogP contribution in [0, 0.1) is 11.5 Å². The van der Waals surface area contributed by atoms with Crippen molar-refractivity contribution in [2.75, 3.05) is 0 Å². The molecule has 2 heterocycles. The van der Waals surface area contributed by atoms with Gasteiger partial charge in [-0.25, -0.2) is 14.8 Å². The summed E-state index contributed by atoms with van der Waals surface area (Å²) in [6.07, 6.45) is 2.50. The molecule has 0 fully saturated rings. The number of carbonyl (C=O) groups is 1. The number of aromatic amines is 1. The fourth-order valence-electron chi connectivity index (χ4n) is 1.40. The summed E-state index contributed by atoms with van der Waals surface area (Å²) < 4.78 is 4.06. The molecule has 0 aromatic carbocycles. The minimum absolute atomic E-state index is 0.169. The van der Waals surface area contributed by atoms with Crippen molar-refractivity contribution in [1.29, 1.82) is 5.26 Å². The highest BCUT2D eigenvalue weighted by atomic mass is 16.5. The molecule has 0 aliphatic carbocycles. The molecule has 2 aromatic heterocycles. The largest absolute Gasteiger partial charge is 0.372 e. The van der Waals surface area contributed by atoms with Crippen LogP contribution in [0.3, 0.4) is 0 Å². The molecule has 0 saturated heterocycles. The number of carbonyl (C=O) groups excluding carboxylic acids is 1. The van der Waals surface area contributed by atoms with Gasteiger partial charge in [-0.05, 0) is 13.0 Å². The average Bonchev–Trinajstić information content (AvgIpc) is 2.38. The number of pyridine rings is 1. The van der Waals surface area contributed by atoms with E-state index in [4.69, 9.17) is 5.26 Å². The van der Waals surface area contributed by atoms with Crippen LogP contribution in [0.2, 0.25) is 0 Å². The van der Waals surface area contributed by atoms with Crippen molar-refractivity contribution in [3.8, 4) is 6.26 Å². The first-order chi connectivity index (χ1) is 8.95. The van der Waals surface area contributed by atoms with Crippen LogP contribution in [0.1, 0.15) is 12.7 Å². The summed E-state index contributed by atoms with van der Waals surface area (Å²) >= 11 is 0. The van der Waals surface area contributed by atoms with Gasteiger partial charge >= 0.3 is 5.97 Å². The average molecular weight is 260 g/mol. The Balaban J connectivity index is 2.54. The maximum Gasteiger partial charge on any atom is 0.361 e. The smallest absolute Gasteiger partial charge is 0.361 e. The molecule has 0 aliphatic rings. The van der Waals surface area contributed by atoms with Crippen LogP contribution in [0.15, 0.2) is 23.1 Å². The molecule has 0 bridgehead atoms. The molecule has 8 heteroatoms. The zero-order chi connectivity index (χ0) is 14.0. The predicted molar refractivity (Wildman–Crippen MR) is 61.4 cm³/mol. The number of aromatic nitrogens is 3. The second-order valence-corrected chi connectivity index (χ2v) is 3.87. The number of fused-ring (bicyclic) bond motifs is 1. The fraction of sp³-hybridized carbons (Fsp3) is 0.182. The normalized spacial score (nSPS) is 13.5. The number of esters is 1. The van der Waals surface area contributed by atoms with E-state index in [0.29, 0.717) is 5.39 Å². The summed E-state index contributed by atoms with van der Waals surface area (Å²) in [6, 6.07) is 2.80. The first kappa shape index (κ1) is 12.7. The Hall–Kier alpha value is -2.79. The summed E-state index contributed by atoms with van der Waals surface area (Å²) in [5.74, 6) is -1.48. The van der Waals surface area contributed by atoms with Crippen molar-refractivity contribution >= 4 is 17.0 Å². The van der Waals surface area contributed by atoms with E-state index in [1.807, 2.05) is 0 Å². The van der Waals surface area contributed by atoms with Gasteiger partial charge in [-0.3, -0.25) is 4.79 Å². The number of hydrogen-bond acceptors (Lipinski definition) is 7. The molecule has 2 N–H and O–H groups in total. The van der Waals surface area contributed by atoms with Gasteiger partial charge in [-0.1, -0.05) is 0 Å². The Morgan fingerprint density at radius 3 is 3.00 bits per heavy atom. The number of H-pyrrole nitrogens is 1. The van der Waals surface area contributed by atoms with Crippen molar-refractivity contribution in [1.82, 2.24) is 15.0 Å².